The monoisotopic (exact) mass is 530 g/mol. The number of hydrogen-bond donors (Lipinski definition) is 2. The van der Waals surface area contributed by atoms with Gasteiger partial charge in [-0.15, -0.1) is 11.3 Å². The van der Waals surface area contributed by atoms with E-state index in [4.69, 9.17) is 18.0 Å². The SMILES string of the molecule is CO/N=C(/C([O-])=N[C@@H]1C(=O)N(S(=O)(=O)O)[C@@H]1CSC(=S)N1CCCC1)c1csc(N)n1.[Na+]. The number of nitrogens with zero attached hydrogens (tertiary/aromatic N) is 5. The predicted molar refractivity (Wildman–Crippen MR) is 119 cm³/mol. The van der Waals surface area contributed by atoms with E-state index >= 15 is 0 Å². The largest absolute Gasteiger partial charge is 1.00 e. The first kappa shape index (κ1) is 27.2. The van der Waals surface area contributed by atoms with Crippen LogP contribution in [-0.2, 0) is 19.9 Å². The summed E-state index contributed by atoms with van der Waals surface area (Å²) >= 11 is 7.59. The van der Waals surface area contributed by atoms with Crippen LogP contribution >= 0.6 is 35.3 Å². The van der Waals surface area contributed by atoms with Crippen LogP contribution in [0.15, 0.2) is 15.5 Å². The molecule has 1 amide bonds. The maximum atomic E-state index is 12.7. The van der Waals surface area contributed by atoms with Gasteiger partial charge >= 0.3 is 39.9 Å². The maximum Gasteiger partial charge on any atom is 1.00 e. The number of thioether (sulfide) groups is 1. The van der Waals surface area contributed by atoms with Gasteiger partial charge in [-0.1, -0.05) is 29.1 Å². The molecule has 2 aliphatic heterocycles. The Labute approximate surface area is 220 Å². The summed E-state index contributed by atoms with van der Waals surface area (Å²) in [5.74, 6) is -1.93. The topological polar surface area (TPSA) is 174 Å². The Morgan fingerprint density at radius 2 is 2.16 bits per heavy atom. The van der Waals surface area contributed by atoms with Crippen LogP contribution in [0.1, 0.15) is 18.5 Å². The predicted octanol–water partition coefficient (Wildman–Crippen LogP) is -3.67. The minimum Gasteiger partial charge on any atom is -0.857 e. The zero-order chi connectivity index (χ0) is 22.8. The molecule has 0 aliphatic carbocycles. The molecule has 32 heavy (non-hydrogen) atoms. The molecule has 1 aromatic heterocycles. The van der Waals surface area contributed by atoms with Crippen LogP contribution < -0.4 is 40.4 Å². The number of aromatic nitrogens is 1. The fraction of sp³-hybridized carbons (Fsp3) is 0.533. The van der Waals surface area contributed by atoms with Crippen molar-refractivity contribution in [2.24, 2.45) is 10.1 Å². The van der Waals surface area contributed by atoms with E-state index < -0.39 is 34.2 Å². The van der Waals surface area contributed by atoms with Gasteiger partial charge in [0.25, 0.3) is 5.91 Å². The summed E-state index contributed by atoms with van der Waals surface area (Å²) in [6.45, 7) is 1.61. The minimum atomic E-state index is -4.82. The molecule has 2 saturated heterocycles. The standard InChI is InChI=1S/C15H20N6O6S4.Na/c1-27-19-10(8-6-29-14(16)17-8)12(22)18-11-9(21(13(11)23)31(24,25)26)7-30-15(28)20-4-2-3-5-20;/h6,9,11H,2-5,7H2,1H3,(H2,16,17)(H,18,22)(H,24,25,26);/q;+1/p-1/b19-10+;/t9-,11+;/m1./s1. The van der Waals surface area contributed by atoms with Gasteiger partial charge in [0.15, 0.2) is 11.2 Å². The Kier molecular flexibility index (Phi) is 9.72. The second-order valence-corrected chi connectivity index (χ2v) is 10.4. The van der Waals surface area contributed by atoms with Gasteiger partial charge in [-0.3, -0.25) is 14.3 Å². The number of oxime groups is 1. The molecule has 17 heteroatoms. The Hall–Kier alpha value is -1.01. The Bertz CT molecular complexity index is 1030. The molecule has 2 fully saturated rings. The number of carbonyl (C=O) groups is 1. The molecule has 2 aliphatic rings. The summed E-state index contributed by atoms with van der Waals surface area (Å²) in [5.41, 5.74) is 5.40. The van der Waals surface area contributed by atoms with Crippen molar-refractivity contribution in [2.45, 2.75) is 24.9 Å². The van der Waals surface area contributed by atoms with E-state index in [-0.39, 0.29) is 51.8 Å². The molecule has 0 unspecified atom stereocenters. The summed E-state index contributed by atoms with van der Waals surface area (Å²) in [6, 6.07) is -2.41. The number of anilines is 1. The van der Waals surface area contributed by atoms with Crippen molar-refractivity contribution in [3.8, 4) is 0 Å². The van der Waals surface area contributed by atoms with Gasteiger partial charge in [-0.2, -0.15) is 8.42 Å². The van der Waals surface area contributed by atoms with Crippen molar-refractivity contribution in [3.63, 3.8) is 0 Å². The van der Waals surface area contributed by atoms with Crippen molar-refractivity contribution in [3.05, 3.63) is 11.1 Å². The number of hydrogen-bond acceptors (Lipinski definition) is 12. The Balaban J connectivity index is 0.00000363. The third kappa shape index (κ3) is 6.11. The van der Waals surface area contributed by atoms with Crippen LogP contribution in [0.4, 0.5) is 5.13 Å². The zero-order valence-electron chi connectivity index (χ0n) is 17.2. The fourth-order valence-electron chi connectivity index (χ4n) is 3.11. The van der Waals surface area contributed by atoms with Crippen molar-refractivity contribution in [1.82, 2.24) is 14.2 Å². The van der Waals surface area contributed by atoms with Crippen molar-refractivity contribution in [2.75, 3.05) is 31.7 Å². The smallest absolute Gasteiger partial charge is 0.857 e. The number of carbonyl (C=O) groups excluding carboxylic acids is 1. The first-order valence-corrected chi connectivity index (χ1v) is 12.6. The summed E-state index contributed by atoms with van der Waals surface area (Å²) in [5, 5.41) is 17.9. The fourth-order valence-corrected chi connectivity index (χ4v) is 6.01. The molecular weight excluding hydrogens is 511 g/mol. The molecule has 0 radical (unpaired) electrons. The molecule has 3 rings (SSSR count). The van der Waals surface area contributed by atoms with E-state index in [1.165, 1.54) is 12.5 Å². The van der Waals surface area contributed by atoms with Gasteiger partial charge in [-0.25, -0.2) is 9.29 Å². The Morgan fingerprint density at radius 1 is 1.50 bits per heavy atom. The van der Waals surface area contributed by atoms with E-state index in [0.717, 1.165) is 49.0 Å². The van der Waals surface area contributed by atoms with Gasteiger partial charge in [0.2, 0.25) is 0 Å². The van der Waals surface area contributed by atoms with Gasteiger partial charge in [-0.05, 0) is 12.8 Å². The molecule has 12 nitrogen and oxygen atoms in total. The van der Waals surface area contributed by atoms with Gasteiger partial charge in [0, 0.05) is 30.1 Å². The van der Waals surface area contributed by atoms with Gasteiger partial charge < -0.3 is 20.6 Å². The van der Waals surface area contributed by atoms with E-state index in [1.807, 2.05) is 4.90 Å². The normalized spacial score (nSPS) is 21.9. The third-order valence-corrected chi connectivity index (χ3v) is 7.78. The van der Waals surface area contributed by atoms with Crippen molar-refractivity contribution in [1.29, 1.82) is 0 Å². The van der Waals surface area contributed by atoms with Gasteiger partial charge in [0.1, 0.15) is 22.8 Å². The van der Waals surface area contributed by atoms with E-state index in [2.05, 4.69) is 20.0 Å². The summed E-state index contributed by atoms with van der Waals surface area (Å²) in [6.07, 6.45) is 2.02. The summed E-state index contributed by atoms with van der Waals surface area (Å²) in [7, 11) is -3.60. The van der Waals surface area contributed by atoms with Crippen LogP contribution in [0.5, 0.6) is 0 Å². The van der Waals surface area contributed by atoms with Crippen molar-refractivity contribution < 1.29 is 57.3 Å². The average molecular weight is 531 g/mol. The van der Waals surface area contributed by atoms with Crippen LogP contribution in [0.3, 0.4) is 0 Å². The van der Waals surface area contributed by atoms with Crippen LogP contribution in [-0.4, -0.2) is 87.0 Å². The number of nitrogens with two attached hydrogens (primary N) is 1. The molecule has 3 heterocycles. The van der Waals surface area contributed by atoms with E-state index in [0.29, 0.717) is 8.63 Å². The summed E-state index contributed by atoms with van der Waals surface area (Å²) in [4.78, 5) is 26.8. The second-order valence-electron chi connectivity index (χ2n) is 6.52. The van der Waals surface area contributed by atoms with Crippen LogP contribution in [0.2, 0.25) is 0 Å². The molecule has 1 aromatic rings. The van der Waals surface area contributed by atoms with E-state index in [1.54, 1.807) is 0 Å². The summed E-state index contributed by atoms with van der Waals surface area (Å²) < 4.78 is 33.6. The number of thiocarbonyl (C=S) groups is 1. The first-order valence-electron chi connectivity index (χ1n) is 8.93. The number of rotatable bonds is 7. The number of nitrogen functional groups attached to an aromatic ring is 1. The van der Waals surface area contributed by atoms with Crippen molar-refractivity contribution >= 4 is 72.6 Å². The molecular formula is C15H19N6NaO6S4. The average Bonchev–Trinajstić information content (AvgIpc) is 3.37. The number of aliphatic imine (C=N–C) groups is 1. The molecule has 3 N–H and O–H groups in total. The first-order chi connectivity index (χ1) is 14.6. The number of amides is 1. The maximum absolute atomic E-state index is 12.7. The van der Waals surface area contributed by atoms with Crippen LogP contribution in [0.25, 0.3) is 0 Å². The molecule has 2 atom stereocenters. The van der Waals surface area contributed by atoms with Gasteiger partial charge in [0.05, 0.1) is 6.04 Å². The quantitative estimate of drug-likeness (QED) is 0.0676. The second kappa shape index (κ2) is 11.4. The molecule has 0 saturated carbocycles. The van der Waals surface area contributed by atoms with E-state index in [9.17, 15) is 22.9 Å². The zero-order valence-corrected chi connectivity index (χ0v) is 22.5. The molecule has 0 aromatic carbocycles. The molecule has 170 valence electrons. The van der Waals surface area contributed by atoms with Crippen LogP contribution in [0, 0.1) is 0 Å². The number of likely N-dealkylation sites (tertiary alicyclic amines) is 1. The number of thiazole rings is 1. The third-order valence-electron chi connectivity index (χ3n) is 4.53. The Morgan fingerprint density at radius 3 is 2.69 bits per heavy atom. The molecule has 0 bridgehead atoms. The molecule has 0 spiro atoms. The number of β-lactam (4-membered cyclic amide) rings is 1. The minimum absolute atomic E-state index is 0.